The number of aromatic nitrogens is 1. The number of anilines is 2. The minimum atomic E-state index is -0.524. The number of nitrogens with one attached hydrogen (secondary N) is 2. The third-order valence-electron chi connectivity index (χ3n) is 5.22. The van der Waals surface area contributed by atoms with Crippen LogP contribution >= 0.6 is 11.6 Å². The zero-order valence-corrected chi connectivity index (χ0v) is 16.5. The lowest BCUT2D eigenvalue weighted by molar-refractivity contribution is 0.102. The van der Waals surface area contributed by atoms with Gasteiger partial charge < -0.3 is 10.6 Å². The summed E-state index contributed by atoms with van der Waals surface area (Å²) in [6.45, 7) is 0.813. The molecular formula is C23H21ClFN3O. The highest BCUT2D eigenvalue weighted by Crippen LogP contribution is 2.48. The molecule has 0 unspecified atom stereocenters. The van der Waals surface area contributed by atoms with Crippen LogP contribution in [0, 0.1) is 11.2 Å². The van der Waals surface area contributed by atoms with Crippen LogP contribution in [0.3, 0.4) is 0 Å². The van der Waals surface area contributed by atoms with Crippen molar-refractivity contribution in [2.75, 3.05) is 17.2 Å². The Hall–Kier alpha value is -2.92. The molecule has 0 atom stereocenters. The largest absolute Gasteiger partial charge is 0.369 e. The average Bonchev–Trinajstić information content (AvgIpc) is 3.50. The van der Waals surface area contributed by atoms with Gasteiger partial charge in [-0.25, -0.2) is 9.37 Å². The minimum absolute atomic E-state index is 0.0342. The Balaban J connectivity index is 1.38. The molecule has 1 aromatic heterocycles. The van der Waals surface area contributed by atoms with Gasteiger partial charge in [0.25, 0.3) is 5.91 Å². The van der Waals surface area contributed by atoms with Crippen molar-refractivity contribution in [2.45, 2.75) is 19.3 Å². The number of benzene rings is 2. The number of halogens is 2. The first-order valence-corrected chi connectivity index (χ1v) is 9.91. The first-order chi connectivity index (χ1) is 14.0. The normalized spacial score (nSPS) is 14.3. The van der Waals surface area contributed by atoms with Crippen molar-refractivity contribution in [1.82, 2.24) is 4.98 Å². The second kappa shape index (κ2) is 8.21. The van der Waals surface area contributed by atoms with E-state index in [0.29, 0.717) is 17.1 Å². The summed E-state index contributed by atoms with van der Waals surface area (Å²) in [6, 6.07) is 17.9. The van der Waals surface area contributed by atoms with E-state index in [2.05, 4.69) is 39.9 Å². The summed E-state index contributed by atoms with van der Waals surface area (Å²) < 4.78 is 13.3. The summed E-state index contributed by atoms with van der Waals surface area (Å²) in [6.07, 6.45) is 5.00. The van der Waals surface area contributed by atoms with Crippen LogP contribution in [0.1, 0.15) is 28.8 Å². The summed E-state index contributed by atoms with van der Waals surface area (Å²) in [5.74, 6) is -0.165. The molecule has 29 heavy (non-hydrogen) atoms. The van der Waals surface area contributed by atoms with Crippen LogP contribution in [0.4, 0.5) is 15.9 Å². The Morgan fingerprint density at radius 3 is 2.62 bits per heavy atom. The molecular weight excluding hydrogens is 389 g/mol. The monoisotopic (exact) mass is 409 g/mol. The molecule has 2 aromatic carbocycles. The second-order valence-corrected chi connectivity index (χ2v) is 7.94. The quantitative estimate of drug-likeness (QED) is 0.537. The second-order valence-electron chi connectivity index (χ2n) is 7.53. The van der Waals surface area contributed by atoms with Gasteiger partial charge in [-0.1, -0.05) is 41.9 Å². The lowest BCUT2D eigenvalue weighted by Crippen LogP contribution is -2.19. The van der Waals surface area contributed by atoms with Crippen molar-refractivity contribution < 1.29 is 9.18 Å². The van der Waals surface area contributed by atoms with Gasteiger partial charge in [0.2, 0.25) is 0 Å². The Morgan fingerprint density at radius 2 is 1.90 bits per heavy atom. The van der Waals surface area contributed by atoms with Gasteiger partial charge >= 0.3 is 0 Å². The van der Waals surface area contributed by atoms with Crippen molar-refractivity contribution in [1.29, 1.82) is 0 Å². The van der Waals surface area contributed by atoms with E-state index in [1.165, 1.54) is 36.6 Å². The summed E-state index contributed by atoms with van der Waals surface area (Å²) >= 11 is 5.77. The molecule has 1 fully saturated rings. The van der Waals surface area contributed by atoms with Gasteiger partial charge in [-0.2, -0.15) is 0 Å². The molecule has 4 nitrogen and oxygen atoms in total. The highest BCUT2D eigenvalue weighted by molar-refractivity contribution is 6.31. The molecule has 1 saturated carbocycles. The molecule has 2 N–H and O–H groups in total. The molecule has 0 saturated heterocycles. The van der Waals surface area contributed by atoms with E-state index < -0.39 is 5.82 Å². The van der Waals surface area contributed by atoms with Crippen molar-refractivity contribution in [3.63, 3.8) is 0 Å². The first-order valence-electron chi connectivity index (χ1n) is 9.53. The van der Waals surface area contributed by atoms with E-state index in [1.807, 2.05) is 6.07 Å². The van der Waals surface area contributed by atoms with Crippen LogP contribution in [-0.2, 0) is 6.42 Å². The standard InChI is InChI=1S/C23H21ClFN3O/c24-19-13-18(6-7-20(19)25)28-22(29)17-8-11-26-21(12-17)27-15-23(9-10-23)14-16-4-2-1-3-5-16/h1-8,11-13H,9-10,14-15H2,(H,26,27)(H,28,29). The molecule has 1 heterocycles. The number of hydrogen-bond donors (Lipinski definition) is 2. The molecule has 1 aliphatic rings. The van der Waals surface area contributed by atoms with Gasteiger partial charge in [-0.05, 0) is 60.6 Å². The zero-order valence-electron chi connectivity index (χ0n) is 15.8. The molecule has 6 heteroatoms. The number of pyridine rings is 1. The maximum Gasteiger partial charge on any atom is 0.255 e. The molecule has 4 rings (SSSR count). The van der Waals surface area contributed by atoms with Crippen molar-refractivity contribution >= 4 is 29.0 Å². The van der Waals surface area contributed by atoms with E-state index in [0.717, 1.165) is 13.0 Å². The molecule has 1 amide bonds. The van der Waals surface area contributed by atoms with Crippen molar-refractivity contribution in [3.8, 4) is 0 Å². The Kier molecular flexibility index (Phi) is 5.49. The Bertz CT molecular complexity index is 1020. The number of hydrogen-bond acceptors (Lipinski definition) is 3. The van der Waals surface area contributed by atoms with Gasteiger partial charge in [0.1, 0.15) is 11.6 Å². The predicted molar refractivity (Wildman–Crippen MR) is 114 cm³/mol. The van der Waals surface area contributed by atoms with Crippen LogP contribution in [0.5, 0.6) is 0 Å². The molecule has 0 radical (unpaired) electrons. The smallest absolute Gasteiger partial charge is 0.255 e. The predicted octanol–water partition coefficient (Wildman–Crippen LogP) is 5.56. The van der Waals surface area contributed by atoms with Crippen LogP contribution in [-0.4, -0.2) is 17.4 Å². The molecule has 148 valence electrons. The molecule has 0 aliphatic heterocycles. The van der Waals surface area contributed by atoms with Crippen LogP contribution in [0.2, 0.25) is 5.02 Å². The third kappa shape index (κ3) is 4.93. The van der Waals surface area contributed by atoms with Gasteiger partial charge in [-0.3, -0.25) is 4.79 Å². The molecule has 1 aliphatic carbocycles. The van der Waals surface area contributed by atoms with E-state index >= 15 is 0 Å². The van der Waals surface area contributed by atoms with Gasteiger partial charge in [-0.15, -0.1) is 0 Å². The molecule has 0 bridgehead atoms. The minimum Gasteiger partial charge on any atom is -0.369 e. The van der Waals surface area contributed by atoms with Gasteiger partial charge in [0, 0.05) is 24.0 Å². The summed E-state index contributed by atoms with van der Waals surface area (Å²) in [5.41, 5.74) is 2.50. The van der Waals surface area contributed by atoms with Gasteiger partial charge in [0.05, 0.1) is 5.02 Å². The number of amides is 1. The topological polar surface area (TPSA) is 54.0 Å². The fourth-order valence-electron chi connectivity index (χ4n) is 3.35. The summed E-state index contributed by atoms with van der Waals surface area (Å²) in [5, 5.41) is 6.07. The van der Waals surface area contributed by atoms with Crippen LogP contribution in [0.15, 0.2) is 66.9 Å². The maximum absolute atomic E-state index is 13.3. The highest BCUT2D eigenvalue weighted by Gasteiger charge is 2.42. The van der Waals surface area contributed by atoms with E-state index in [4.69, 9.17) is 11.6 Å². The highest BCUT2D eigenvalue weighted by atomic mass is 35.5. The number of rotatable bonds is 7. The molecule has 0 spiro atoms. The SMILES string of the molecule is O=C(Nc1ccc(F)c(Cl)c1)c1ccnc(NCC2(Cc3ccccc3)CC2)c1. The summed E-state index contributed by atoms with van der Waals surface area (Å²) in [4.78, 5) is 16.8. The van der Waals surface area contributed by atoms with Gasteiger partial charge in [0.15, 0.2) is 0 Å². The number of carbonyl (C=O) groups excluding carboxylic acids is 1. The molecule has 3 aromatic rings. The average molecular weight is 410 g/mol. The van der Waals surface area contributed by atoms with E-state index in [9.17, 15) is 9.18 Å². The van der Waals surface area contributed by atoms with Crippen molar-refractivity contribution in [2.24, 2.45) is 5.41 Å². The van der Waals surface area contributed by atoms with Crippen molar-refractivity contribution in [3.05, 3.63) is 88.8 Å². The lowest BCUT2D eigenvalue weighted by atomic mass is 9.96. The Labute approximate surface area is 174 Å². The number of carbonyl (C=O) groups is 1. The maximum atomic E-state index is 13.3. The Morgan fingerprint density at radius 1 is 1.10 bits per heavy atom. The summed E-state index contributed by atoms with van der Waals surface area (Å²) in [7, 11) is 0. The number of nitrogens with zero attached hydrogens (tertiary/aromatic N) is 1. The fraction of sp³-hybridized carbons (Fsp3) is 0.217. The van der Waals surface area contributed by atoms with E-state index in [1.54, 1.807) is 18.3 Å². The fourth-order valence-corrected chi connectivity index (χ4v) is 3.53. The van der Waals surface area contributed by atoms with Crippen LogP contribution < -0.4 is 10.6 Å². The lowest BCUT2D eigenvalue weighted by Gasteiger charge is -2.17. The first kappa shape index (κ1) is 19.4. The van der Waals surface area contributed by atoms with E-state index in [-0.39, 0.29) is 16.3 Å². The van der Waals surface area contributed by atoms with Crippen LogP contribution in [0.25, 0.3) is 0 Å². The third-order valence-corrected chi connectivity index (χ3v) is 5.51. The zero-order chi connectivity index (χ0) is 20.3.